The molecule has 1 aliphatic carbocycles. The molecule has 0 spiro atoms. The van der Waals surface area contributed by atoms with Crippen molar-refractivity contribution in [3.8, 4) is 0 Å². The smallest absolute Gasteiger partial charge is 0.0505 e. The molecule has 1 aromatic rings. The molecule has 90 valence electrons. The zero-order valence-corrected chi connectivity index (χ0v) is 11.1. The minimum atomic E-state index is -0.0139. The van der Waals surface area contributed by atoms with Crippen molar-refractivity contribution in [1.29, 1.82) is 0 Å². The molecule has 0 bridgehead atoms. The van der Waals surface area contributed by atoms with Crippen LogP contribution in [0, 0.1) is 5.41 Å². The summed E-state index contributed by atoms with van der Waals surface area (Å²) in [6.45, 7) is 7.51. The number of aliphatic hydroxyl groups excluding tert-OH is 1. The van der Waals surface area contributed by atoms with Gasteiger partial charge in [0.1, 0.15) is 0 Å². The number of aliphatic hydroxyl groups is 1. The Kier molecular flexibility index (Phi) is 2.89. The molecule has 1 saturated carbocycles. The van der Waals surface area contributed by atoms with Gasteiger partial charge in [-0.15, -0.1) is 11.3 Å². The SMILES string of the molecule is CC(C)(C)c1ccc(C2CC2(CN)CO)s1. The van der Waals surface area contributed by atoms with Gasteiger partial charge in [0.2, 0.25) is 0 Å². The summed E-state index contributed by atoms with van der Waals surface area (Å²) in [4.78, 5) is 2.81. The second-order valence-electron chi connectivity index (χ2n) is 5.93. The monoisotopic (exact) mass is 239 g/mol. The Balaban J connectivity index is 2.16. The highest BCUT2D eigenvalue weighted by Gasteiger charge is 2.54. The van der Waals surface area contributed by atoms with Crippen LogP contribution in [0.25, 0.3) is 0 Å². The van der Waals surface area contributed by atoms with Crippen molar-refractivity contribution >= 4 is 11.3 Å². The maximum absolute atomic E-state index is 9.38. The molecule has 1 heterocycles. The van der Waals surface area contributed by atoms with E-state index in [0.717, 1.165) is 6.42 Å². The molecule has 0 saturated heterocycles. The van der Waals surface area contributed by atoms with E-state index in [2.05, 4.69) is 32.9 Å². The molecule has 0 aliphatic heterocycles. The van der Waals surface area contributed by atoms with Crippen molar-refractivity contribution in [3.05, 3.63) is 21.9 Å². The Morgan fingerprint density at radius 2 is 2.19 bits per heavy atom. The normalized spacial score (nSPS) is 29.4. The van der Waals surface area contributed by atoms with E-state index in [0.29, 0.717) is 12.5 Å². The highest BCUT2D eigenvalue weighted by atomic mass is 32.1. The number of thiophene rings is 1. The van der Waals surface area contributed by atoms with Gasteiger partial charge < -0.3 is 10.8 Å². The Morgan fingerprint density at radius 1 is 1.50 bits per heavy atom. The first kappa shape index (κ1) is 12.1. The van der Waals surface area contributed by atoms with Crippen LogP contribution in [0.3, 0.4) is 0 Å². The molecule has 3 heteroatoms. The summed E-state index contributed by atoms with van der Waals surface area (Å²) >= 11 is 1.88. The van der Waals surface area contributed by atoms with Crippen LogP contribution in [0.15, 0.2) is 12.1 Å². The lowest BCUT2D eigenvalue weighted by molar-refractivity contribution is 0.212. The summed E-state index contributed by atoms with van der Waals surface area (Å²) in [5, 5.41) is 9.38. The van der Waals surface area contributed by atoms with Crippen molar-refractivity contribution in [1.82, 2.24) is 0 Å². The second-order valence-corrected chi connectivity index (χ2v) is 7.05. The maximum Gasteiger partial charge on any atom is 0.0505 e. The second kappa shape index (κ2) is 3.83. The topological polar surface area (TPSA) is 46.2 Å². The van der Waals surface area contributed by atoms with Gasteiger partial charge >= 0.3 is 0 Å². The summed E-state index contributed by atoms with van der Waals surface area (Å²) in [5.74, 6) is 0.489. The summed E-state index contributed by atoms with van der Waals surface area (Å²) in [5.41, 5.74) is 5.95. The predicted molar refractivity (Wildman–Crippen MR) is 69.0 cm³/mol. The zero-order valence-electron chi connectivity index (χ0n) is 10.3. The van der Waals surface area contributed by atoms with Crippen LogP contribution in [-0.2, 0) is 5.41 Å². The quantitative estimate of drug-likeness (QED) is 0.851. The van der Waals surface area contributed by atoms with Gasteiger partial charge in [0.15, 0.2) is 0 Å². The highest BCUT2D eigenvalue weighted by molar-refractivity contribution is 7.12. The third-order valence-corrected chi connectivity index (χ3v) is 5.25. The maximum atomic E-state index is 9.38. The van der Waals surface area contributed by atoms with E-state index < -0.39 is 0 Å². The van der Waals surface area contributed by atoms with E-state index in [1.54, 1.807) is 0 Å². The van der Waals surface area contributed by atoms with Crippen LogP contribution < -0.4 is 5.73 Å². The molecule has 2 rings (SSSR count). The van der Waals surface area contributed by atoms with Crippen LogP contribution >= 0.6 is 11.3 Å². The van der Waals surface area contributed by atoms with Gasteiger partial charge in [-0.25, -0.2) is 0 Å². The van der Waals surface area contributed by atoms with Crippen molar-refractivity contribution in [2.24, 2.45) is 11.1 Å². The largest absolute Gasteiger partial charge is 0.396 e. The molecule has 3 N–H and O–H groups in total. The number of rotatable bonds is 3. The fraction of sp³-hybridized carbons (Fsp3) is 0.692. The predicted octanol–water partition coefficient (Wildman–Crippen LogP) is 2.47. The van der Waals surface area contributed by atoms with Crippen LogP contribution in [0.1, 0.15) is 42.9 Å². The van der Waals surface area contributed by atoms with Gasteiger partial charge in [0, 0.05) is 27.6 Å². The summed E-state index contributed by atoms with van der Waals surface area (Å²) in [7, 11) is 0. The molecule has 1 aromatic heterocycles. The number of nitrogens with two attached hydrogens (primary N) is 1. The molecular formula is C13H21NOS. The van der Waals surface area contributed by atoms with Crippen LogP contribution in [0.2, 0.25) is 0 Å². The summed E-state index contributed by atoms with van der Waals surface area (Å²) in [6.07, 6.45) is 1.05. The molecular weight excluding hydrogens is 218 g/mol. The van der Waals surface area contributed by atoms with Gasteiger partial charge in [-0.3, -0.25) is 0 Å². The summed E-state index contributed by atoms with van der Waals surface area (Å²) < 4.78 is 0. The zero-order chi connectivity index (χ0) is 12.0. The molecule has 16 heavy (non-hydrogen) atoms. The lowest BCUT2D eigenvalue weighted by Gasteiger charge is -2.15. The average molecular weight is 239 g/mol. The molecule has 0 radical (unpaired) electrons. The Labute approximate surface area is 101 Å². The fourth-order valence-electron chi connectivity index (χ4n) is 2.16. The van der Waals surface area contributed by atoms with E-state index in [-0.39, 0.29) is 17.4 Å². The van der Waals surface area contributed by atoms with E-state index in [9.17, 15) is 5.11 Å². The minimum absolute atomic E-state index is 0.0139. The van der Waals surface area contributed by atoms with Gasteiger partial charge in [-0.05, 0) is 24.0 Å². The standard InChI is InChI=1S/C13H21NOS/c1-12(2,3)11-5-4-10(16-11)9-6-13(9,7-14)8-15/h4-5,9,15H,6-8,14H2,1-3H3. The minimum Gasteiger partial charge on any atom is -0.396 e. The molecule has 2 unspecified atom stereocenters. The summed E-state index contributed by atoms with van der Waals surface area (Å²) in [6, 6.07) is 4.43. The van der Waals surface area contributed by atoms with E-state index in [4.69, 9.17) is 5.73 Å². The lowest BCUT2D eigenvalue weighted by atomic mass is 9.95. The van der Waals surface area contributed by atoms with Gasteiger partial charge in [0.25, 0.3) is 0 Å². The van der Waals surface area contributed by atoms with Crippen molar-refractivity contribution in [2.45, 2.75) is 38.5 Å². The number of hydrogen-bond acceptors (Lipinski definition) is 3. The van der Waals surface area contributed by atoms with Crippen molar-refractivity contribution in [2.75, 3.05) is 13.2 Å². The highest BCUT2D eigenvalue weighted by Crippen LogP contribution is 2.59. The Hall–Kier alpha value is -0.380. The molecule has 1 fully saturated rings. The van der Waals surface area contributed by atoms with Gasteiger partial charge in [0.05, 0.1) is 6.61 Å². The first-order chi connectivity index (χ1) is 7.43. The van der Waals surface area contributed by atoms with E-state index in [1.807, 2.05) is 11.3 Å². The van der Waals surface area contributed by atoms with Crippen molar-refractivity contribution < 1.29 is 5.11 Å². The lowest BCUT2D eigenvalue weighted by Crippen LogP contribution is -2.21. The molecule has 0 aromatic carbocycles. The number of hydrogen-bond donors (Lipinski definition) is 2. The van der Waals surface area contributed by atoms with Gasteiger partial charge in [-0.2, -0.15) is 0 Å². The first-order valence-electron chi connectivity index (χ1n) is 5.84. The first-order valence-corrected chi connectivity index (χ1v) is 6.66. The van der Waals surface area contributed by atoms with Crippen LogP contribution in [-0.4, -0.2) is 18.3 Å². The van der Waals surface area contributed by atoms with E-state index >= 15 is 0 Å². The van der Waals surface area contributed by atoms with Crippen molar-refractivity contribution in [3.63, 3.8) is 0 Å². The molecule has 2 nitrogen and oxygen atoms in total. The van der Waals surface area contributed by atoms with Crippen LogP contribution in [0.4, 0.5) is 0 Å². The Morgan fingerprint density at radius 3 is 2.56 bits per heavy atom. The average Bonchev–Trinajstić information content (AvgIpc) is 2.73. The Bertz CT molecular complexity index is 374. The van der Waals surface area contributed by atoms with Crippen LogP contribution in [0.5, 0.6) is 0 Å². The molecule has 1 aliphatic rings. The molecule has 0 amide bonds. The fourth-order valence-corrected chi connectivity index (χ4v) is 3.47. The van der Waals surface area contributed by atoms with Gasteiger partial charge in [-0.1, -0.05) is 20.8 Å². The third kappa shape index (κ3) is 1.92. The van der Waals surface area contributed by atoms with E-state index in [1.165, 1.54) is 9.75 Å². The molecule has 2 atom stereocenters. The third-order valence-electron chi connectivity index (χ3n) is 3.62.